The number of hydrogen-bond donors (Lipinski definition) is 4. The lowest BCUT2D eigenvalue weighted by atomic mass is 9.52. The number of esters is 3. The maximum absolute atomic E-state index is 12.9. The van der Waals surface area contributed by atoms with Crippen LogP contribution in [0.3, 0.4) is 0 Å². The van der Waals surface area contributed by atoms with Gasteiger partial charge in [-0.2, -0.15) is 0 Å². The highest BCUT2D eigenvalue weighted by molar-refractivity contribution is 5.84. The molecule has 44 heavy (non-hydrogen) atoms. The lowest BCUT2D eigenvalue weighted by Crippen LogP contribution is -2.70. The van der Waals surface area contributed by atoms with E-state index in [2.05, 4.69) is 5.32 Å². The molecular weight excluding hydrogens is 574 g/mol. The number of ether oxygens (including phenoxy) is 4. The summed E-state index contributed by atoms with van der Waals surface area (Å²) in [5.41, 5.74) is -0.423. The van der Waals surface area contributed by atoms with Gasteiger partial charge in [0.15, 0.2) is 23.7 Å². The maximum atomic E-state index is 12.9. The fourth-order valence-electron chi connectivity index (χ4n) is 6.77. The van der Waals surface area contributed by atoms with Crippen molar-refractivity contribution in [1.29, 1.82) is 0 Å². The fraction of sp³-hybridized carbons (Fsp3) is 0.438. The highest BCUT2D eigenvalue weighted by Crippen LogP contribution is 2.63. The van der Waals surface area contributed by atoms with E-state index in [4.69, 9.17) is 18.9 Å². The second-order valence-electron chi connectivity index (χ2n) is 11.2. The van der Waals surface area contributed by atoms with Gasteiger partial charge in [0.2, 0.25) is 6.10 Å². The molecule has 0 fully saturated rings. The molecule has 2 aromatic carbocycles. The highest BCUT2D eigenvalue weighted by atomic mass is 16.6. The van der Waals surface area contributed by atoms with E-state index in [1.54, 1.807) is 37.4 Å². The molecule has 0 unspecified atom stereocenters. The summed E-state index contributed by atoms with van der Waals surface area (Å²) in [6, 6.07) is 10.9. The number of aromatic hydroxyl groups is 1. The van der Waals surface area contributed by atoms with Gasteiger partial charge in [-0.25, -0.2) is 9.59 Å². The molecule has 0 aromatic heterocycles. The number of nitrogens with one attached hydrogen (secondary N) is 1. The number of carbonyl (C=O) groups is 4. The second kappa shape index (κ2) is 11.9. The van der Waals surface area contributed by atoms with Crippen molar-refractivity contribution >= 4 is 23.9 Å². The molecule has 1 heterocycles. The van der Waals surface area contributed by atoms with E-state index >= 15 is 0 Å². The first-order valence-electron chi connectivity index (χ1n) is 14.5. The van der Waals surface area contributed by atoms with Gasteiger partial charge in [0.05, 0.1) is 23.9 Å². The van der Waals surface area contributed by atoms with Gasteiger partial charge in [-0.3, -0.25) is 9.59 Å². The van der Waals surface area contributed by atoms with Crippen molar-refractivity contribution in [3.63, 3.8) is 0 Å². The number of benzene rings is 2. The largest absolute Gasteiger partial charge is 0.504 e. The first-order valence-corrected chi connectivity index (χ1v) is 14.5. The number of phenols is 1. The summed E-state index contributed by atoms with van der Waals surface area (Å²) in [7, 11) is 1.77. The van der Waals surface area contributed by atoms with Crippen LogP contribution >= 0.6 is 0 Å². The normalized spacial score (nSPS) is 25.9. The minimum absolute atomic E-state index is 0.0734. The number of aliphatic carboxylic acids is 1. The van der Waals surface area contributed by atoms with E-state index in [9.17, 15) is 34.5 Å². The summed E-state index contributed by atoms with van der Waals surface area (Å²) in [5.74, 6) is -3.75. The van der Waals surface area contributed by atoms with E-state index < -0.39 is 66.0 Å². The topological polar surface area (TPSA) is 178 Å². The van der Waals surface area contributed by atoms with Crippen molar-refractivity contribution in [3.05, 3.63) is 71.0 Å². The fourth-order valence-corrected chi connectivity index (χ4v) is 6.77. The maximum Gasteiger partial charge on any atom is 0.349 e. The number of carbonyl (C=O) groups excluding carboxylic acids is 3. The molecule has 234 valence electrons. The van der Waals surface area contributed by atoms with E-state index in [1.165, 1.54) is 19.1 Å². The predicted octanol–water partition coefficient (Wildman–Crippen LogP) is 2.59. The lowest BCUT2D eigenvalue weighted by molar-refractivity contribution is -0.176. The summed E-state index contributed by atoms with van der Waals surface area (Å²) >= 11 is 0. The van der Waals surface area contributed by atoms with Crippen LogP contribution in [-0.4, -0.2) is 70.1 Å². The number of rotatable bonds is 11. The van der Waals surface area contributed by atoms with Crippen LogP contribution in [0.1, 0.15) is 62.3 Å². The van der Waals surface area contributed by atoms with Crippen molar-refractivity contribution in [2.75, 3.05) is 7.05 Å². The Hall–Kier alpha value is -4.42. The smallest absolute Gasteiger partial charge is 0.349 e. The molecular formula is C32H35NO11. The average molecular weight is 610 g/mol. The Morgan fingerprint density at radius 2 is 1.77 bits per heavy atom. The summed E-state index contributed by atoms with van der Waals surface area (Å²) in [5, 5.41) is 35.4. The Balaban J connectivity index is 1.22. The van der Waals surface area contributed by atoms with Crippen LogP contribution in [0.25, 0.3) is 0 Å². The van der Waals surface area contributed by atoms with E-state index in [1.807, 2.05) is 13.0 Å². The quantitative estimate of drug-likeness (QED) is 0.217. The van der Waals surface area contributed by atoms with Crippen LogP contribution < -0.4 is 10.1 Å². The first-order chi connectivity index (χ1) is 21.0. The Labute approximate surface area is 253 Å². The third kappa shape index (κ3) is 5.07. The van der Waals surface area contributed by atoms with Crippen LogP contribution in [-0.2, 0) is 45.2 Å². The van der Waals surface area contributed by atoms with Crippen LogP contribution in [0, 0.1) is 0 Å². The van der Waals surface area contributed by atoms with Crippen molar-refractivity contribution in [1.82, 2.24) is 5.32 Å². The monoisotopic (exact) mass is 609 g/mol. The van der Waals surface area contributed by atoms with Crippen molar-refractivity contribution in [2.24, 2.45) is 0 Å². The van der Waals surface area contributed by atoms with Gasteiger partial charge in [-0.05, 0) is 44.5 Å². The van der Waals surface area contributed by atoms with Crippen molar-refractivity contribution < 1.29 is 53.4 Å². The molecule has 3 aliphatic rings. The minimum atomic E-state index is -1.58. The summed E-state index contributed by atoms with van der Waals surface area (Å²) in [4.78, 5) is 49.4. The van der Waals surface area contributed by atoms with Crippen molar-refractivity contribution in [3.8, 4) is 11.5 Å². The molecule has 12 heteroatoms. The van der Waals surface area contributed by atoms with Gasteiger partial charge < -0.3 is 39.6 Å². The number of carboxylic acid groups (broad SMARTS) is 1. The SMILES string of the molecule is CC[C@]12c3c4ccc(O)c3O[C@H]1C(OC(=O)CCC(=O)O[C@@H](C)C(=O)O[C@H](C(=O)O)c1ccccc1)=CC[C@@]2(O)[C@H](NC)C4. The van der Waals surface area contributed by atoms with Crippen molar-refractivity contribution in [2.45, 2.75) is 81.3 Å². The molecule has 4 N–H and O–H groups in total. The van der Waals surface area contributed by atoms with Crippen LogP contribution in [0.2, 0.25) is 0 Å². The van der Waals surface area contributed by atoms with E-state index in [0.717, 1.165) is 5.56 Å². The number of likely N-dealkylation sites (N-methyl/N-ethyl adjacent to an activating group) is 1. The molecule has 0 amide bonds. The molecule has 12 nitrogen and oxygen atoms in total. The molecule has 1 aliphatic heterocycles. The summed E-state index contributed by atoms with van der Waals surface area (Å²) < 4.78 is 22.0. The van der Waals surface area contributed by atoms with E-state index in [-0.39, 0.29) is 35.3 Å². The zero-order valence-electron chi connectivity index (χ0n) is 24.6. The Kier molecular flexibility index (Phi) is 8.41. The zero-order chi connectivity index (χ0) is 31.8. The summed E-state index contributed by atoms with van der Waals surface area (Å²) in [6.07, 6.45) is -2.01. The van der Waals surface area contributed by atoms with E-state index in [0.29, 0.717) is 18.4 Å². The second-order valence-corrected chi connectivity index (χ2v) is 11.2. The van der Waals surface area contributed by atoms with Gasteiger partial charge in [0.1, 0.15) is 5.76 Å². The van der Waals surface area contributed by atoms with Crippen LogP contribution in [0.5, 0.6) is 11.5 Å². The lowest BCUT2D eigenvalue weighted by Gasteiger charge is -2.55. The minimum Gasteiger partial charge on any atom is -0.504 e. The Bertz CT molecular complexity index is 1510. The van der Waals surface area contributed by atoms with Crippen LogP contribution in [0.4, 0.5) is 0 Å². The molecule has 5 rings (SSSR count). The number of carboxylic acids is 1. The van der Waals surface area contributed by atoms with Gasteiger partial charge in [0, 0.05) is 23.6 Å². The highest BCUT2D eigenvalue weighted by Gasteiger charge is 2.69. The van der Waals surface area contributed by atoms with Gasteiger partial charge in [-0.1, -0.05) is 43.3 Å². The average Bonchev–Trinajstić information content (AvgIpc) is 3.39. The van der Waals surface area contributed by atoms with Gasteiger partial charge >= 0.3 is 23.9 Å². The molecule has 0 spiro atoms. The zero-order valence-corrected chi connectivity index (χ0v) is 24.6. The third-order valence-electron chi connectivity index (χ3n) is 8.87. The Morgan fingerprint density at radius 1 is 1.07 bits per heavy atom. The Morgan fingerprint density at radius 3 is 2.43 bits per heavy atom. The third-order valence-corrected chi connectivity index (χ3v) is 8.87. The first kappa shape index (κ1) is 31.0. The number of aliphatic hydroxyl groups is 1. The molecule has 0 saturated carbocycles. The molecule has 2 aliphatic carbocycles. The summed E-state index contributed by atoms with van der Waals surface area (Å²) in [6.45, 7) is 3.15. The standard InChI is InChI=1S/C32H35NO11/c1-4-31-25-19-10-11-20(34)27(25)43-28(31)21(14-15-32(31,40)22(16-19)33-3)42-24(36)13-12-23(35)41-17(2)30(39)44-26(29(37)38)18-8-6-5-7-9-18/h5-11,14,17,22,26,28,33-34,40H,4,12-13,15-16H2,1-3H3,(H,37,38)/t17-,22+,26-,28-,31-,32+/m0/s1. The molecule has 0 bridgehead atoms. The molecule has 6 atom stereocenters. The number of hydrogen-bond acceptors (Lipinski definition) is 11. The molecule has 0 radical (unpaired) electrons. The number of phenolic OH excluding ortho intramolecular Hbond substituents is 1. The van der Waals surface area contributed by atoms with Crippen LogP contribution in [0.15, 0.2) is 54.3 Å². The molecule has 2 aromatic rings. The molecule has 0 saturated heterocycles. The predicted molar refractivity (Wildman–Crippen MR) is 152 cm³/mol. The van der Waals surface area contributed by atoms with Gasteiger partial charge in [-0.15, -0.1) is 0 Å². The van der Waals surface area contributed by atoms with Gasteiger partial charge in [0.25, 0.3) is 0 Å².